The van der Waals surface area contributed by atoms with Crippen molar-refractivity contribution in [3.05, 3.63) is 16.1 Å². The zero-order valence-electron chi connectivity index (χ0n) is 9.11. The molecule has 2 N–H and O–H groups in total. The Morgan fingerprint density at radius 3 is 3.20 bits per heavy atom. The Kier molecular flexibility index (Phi) is 3.72. The molecule has 0 spiro atoms. The zero-order chi connectivity index (χ0) is 10.7. The summed E-state index contributed by atoms with van der Waals surface area (Å²) >= 11 is 1.70. The summed E-state index contributed by atoms with van der Waals surface area (Å²) in [4.78, 5) is 4.42. The molecule has 3 nitrogen and oxygen atoms in total. The van der Waals surface area contributed by atoms with Crippen molar-refractivity contribution in [3.63, 3.8) is 0 Å². The summed E-state index contributed by atoms with van der Waals surface area (Å²) < 4.78 is 5.57. The van der Waals surface area contributed by atoms with Crippen LogP contribution in [-0.4, -0.2) is 23.7 Å². The minimum atomic E-state index is 0.193. The third-order valence-electron chi connectivity index (χ3n) is 2.69. The van der Waals surface area contributed by atoms with Crippen LogP contribution in [0, 0.1) is 6.92 Å². The van der Waals surface area contributed by atoms with Gasteiger partial charge in [-0.25, -0.2) is 4.98 Å². The van der Waals surface area contributed by atoms with Crippen LogP contribution in [0.5, 0.6) is 0 Å². The van der Waals surface area contributed by atoms with Gasteiger partial charge in [-0.3, -0.25) is 0 Å². The van der Waals surface area contributed by atoms with Crippen LogP contribution in [0.4, 0.5) is 0 Å². The van der Waals surface area contributed by atoms with Crippen LogP contribution in [0.25, 0.3) is 0 Å². The Morgan fingerprint density at radius 2 is 2.60 bits per heavy atom. The van der Waals surface area contributed by atoms with Crippen molar-refractivity contribution in [2.24, 2.45) is 5.73 Å². The first-order chi connectivity index (χ1) is 7.24. The molecule has 2 unspecified atom stereocenters. The predicted octanol–water partition coefficient (Wildman–Crippen LogP) is 1.89. The number of ether oxygens (including phenoxy) is 1. The van der Waals surface area contributed by atoms with E-state index in [1.165, 1.54) is 12.8 Å². The first kappa shape index (κ1) is 11.0. The van der Waals surface area contributed by atoms with E-state index in [9.17, 15) is 0 Å². The van der Waals surface area contributed by atoms with Gasteiger partial charge in [-0.15, -0.1) is 11.3 Å². The van der Waals surface area contributed by atoms with Crippen LogP contribution in [0.2, 0.25) is 0 Å². The van der Waals surface area contributed by atoms with Gasteiger partial charge in [0.05, 0.1) is 11.1 Å². The Bertz CT molecular complexity index is 307. The fourth-order valence-corrected chi connectivity index (χ4v) is 2.84. The number of thiazole rings is 1. The summed E-state index contributed by atoms with van der Waals surface area (Å²) in [6, 6.07) is 0.193. The smallest absolute Gasteiger partial charge is 0.0943 e. The summed E-state index contributed by atoms with van der Waals surface area (Å²) in [6.07, 6.45) is 4.61. The summed E-state index contributed by atoms with van der Waals surface area (Å²) in [5.74, 6) is 0. The zero-order valence-corrected chi connectivity index (χ0v) is 9.93. The van der Waals surface area contributed by atoms with E-state index in [0.717, 1.165) is 30.2 Å². The van der Waals surface area contributed by atoms with Gasteiger partial charge in [-0.1, -0.05) is 0 Å². The molecule has 1 saturated heterocycles. The summed E-state index contributed by atoms with van der Waals surface area (Å²) in [5.41, 5.74) is 7.18. The average Bonchev–Trinajstić information content (AvgIpc) is 2.77. The second-order valence-corrected chi connectivity index (χ2v) is 5.16. The van der Waals surface area contributed by atoms with E-state index < -0.39 is 0 Å². The largest absolute Gasteiger partial charge is 0.378 e. The lowest BCUT2D eigenvalue weighted by Crippen LogP contribution is -2.28. The number of aromatic nitrogens is 1. The van der Waals surface area contributed by atoms with E-state index in [2.05, 4.69) is 10.4 Å². The Hall–Kier alpha value is -0.450. The number of aryl methyl sites for hydroxylation is 1. The third kappa shape index (κ3) is 3.26. The molecule has 0 saturated carbocycles. The lowest BCUT2D eigenvalue weighted by Gasteiger charge is -2.14. The quantitative estimate of drug-likeness (QED) is 0.853. The van der Waals surface area contributed by atoms with Crippen molar-refractivity contribution in [2.75, 3.05) is 6.61 Å². The molecule has 15 heavy (non-hydrogen) atoms. The van der Waals surface area contributed by atoms with Gasteiger partial charge in [-0.2, -0.15) is 0 Å². The highest BCUT2D eigenvalue weighted by atomic mass is 32.1. The van der Waals surface area contributed by atoms with Gasteiger partial charge in [0.1, 0.15) is 0 Å². The predicted molar refractivity (Wildman–Crippen MR) is 62.1 cm³/mol. The van der Waals surface area contributed by atoms with Crippen molar-refractivity contribution in [1.82, 2.24) is 4.98 Å². The third-order valence-corrected chi connectivity index (χ3v) is 3.68. The molecular formula is C11H18N2OS. The maximum absolute atomic E-state index is 6.08. The molecule has 0 radical (unpaired) electrons. The molecule has 2 heterocycles. The van der Waals surface area contributed by atoms with E-state index in [-0.39, 0.29) is 6.04 Å². The lowest BCUT2D eigenvalue weighted by molar-refractivity contribution is 0.0983. The van der Waals surface area contributed by atoms with Crippen LogP contribution in [0.1, 0.15) is 30.0 Å². The van der Waals surface area contributed by atoms with E-state index in [1.54, 1.807) is 11.3 Å². The van der Waals surface area contributed by atoms with E-state index in [1.807, 2.05) is 6.92 Å². The van der Waals surface area contributed by atoms with Gasteiger partial charge in [0.2, 0.25) is 0 Å². The molecule has 2 rings (SSSR count). The molecule has 2 atom stereocenters. The molecule has 4 heteroatoms. The Labute approximate surface area is 94.7 Å². The average molecular weight is 226 g/mol. The van der Waals surface area contributed by atoms with Crippen LogP contribution in [0.3, 0.4) is 0 Å². The van der Waals surface area contributed by atoms with E-state index in [4.69, 9.17) is 10.5 Å². The lowest BCUT2D eigenvalue weighted by atomic mass is 10.1. The highest BCUT2D eigenvalue weighted by Gasteiger charge is 2.19. The number of nitrogens with two attached hydrogens (primary N) is 1. The number of hydrogen-bond acceptors (Lipinski definition) is 4. The van der Waals surface area contributed by atoms with Gasteiger partial charge in [-0.05, 0) is 26.2 Å². The number of hydrogen-bond donors (Lipinski definition) is 1. The maximum atomic E-state index is 6.08. The normalized spacial score (nSPS) is 23.2. The number of rotatable bonds is 4. The topological polar surface area (TPSA) is 48.1 Å². The Balaban J connectivity index is 1.78. The summed E-state index contributed by atoms with van der Waals surface area (Å²) in [7, 11) is 0. The Morgan fingerprint density at radius 1 is 1.73 bits per heavy atom. The molecule has 0 aliphatic carbocycles. The minimum absolute atomic E-state index is 0.193. The summed E-state index contributed by atoms with van der Waals surface area (Å²) in [6.45, 7) is 2.93. The standard InChI is InChI=1S/C11H18N2OS/c1-8-7-15-11(13-8)6-9(12)5-10-3-2-4-14-10/h7,9-10H,2-6,12H2,1H3. The highest BCUT2D eigenvalue weighted by molar-refractivity contribution is 7.09. The second-order valence-electron chi connectivity index (χ2n) is 4.22. The van der Waals surface area contributed by atoms with Crippen molar-refractivity contribution < 1.29 is 4.74 Å². The van der Waals surface area contributed by atoms with E-state index in [0.29, 0.717) is 6.10 Å². The van der Waals surface area contributed by atoms with Crippen molar-refractivity contribution in [3.8, 4) is 0 Å². The molecule has 1 aliphatic heterocycles. The fourth-order valence-electron chi connectivity index (χ4n) is 1.97. The fraction of sp³-hybridized carbons (Fsp3) is 0.727. The van der Waals surface area contributed by atoms with E-state index >= 15 is 0 Å². The first-order valence-corrected chi connectivity index (χ1v) is 6.40. The molecule has 1 aromatic heterocycles. The molecule has 0 amide bonds. The summed E-state index contributed by atoms with van der Waals surface area (Å²) in [5, 5.41) is 3.23. The first-order valence-electron chi connectivity index (χ1n) is 5.52. The number of nitrogens with zero attached hydrogens (tertiary/aromatic N) is 1. The van der Waals surface area contributed by atoms with Gasteiger partial charge < -0.3 is 10.5 Å². The molecule has 84 valence electrons. The van der Waals surface area contributed by atoms with Crippen molar-refractivity contribution in [2.45, 2.75) is 44.8 Å². The van der Waals surface area contributed by atoms with Gasteiger partial charge >= 0.3 is 0 Å². The SMILES string of the molecule is Cc1csc(CC(N)CC2CCCO2)n1. The minimum Gasteiger partial charge on any atom is -0.378 e. The molecule has 0 bridgehead atoms. The van der Waals surface area contributed by atoms with Crippen LogP contribution in [0.15, 0.2) is 5.38 Å². The molecule has 1 aromatic rings. The second kappa shape index (κ2) is 5.05. The van der Waals surface area contributed by atoms with Crippen LogP contribution >= 0.6 is 11.3 Å². The van der Waals surface area contributed by atoms with Gasteiger partial charge in [0.25, 0.3) is 0 Å². The monoisotopic (exact) mass is 226 g/mol. The van der Waals surface area contributed by atoms with Crippen molar-refractivity contribution in [1.29, 1.82) is 0 Å². The van der Waals surface area contributed by atoms with Crippen molar-refractivity contribution >= 4 is 11.3 Å². The van der Waals surface area contributed by atoms with Gasteiger partial charge in [0, 0.05) is 30.1 Å². The molecule has 1 fully saturated rings. The molecule has 1 aliphatic rings. The highest BCUT2D eigenvalue weighted by Crippen LogP contribution is 2.18. The van der Waals surface area contributed by atoms with Crippen LogP contribution < -0.4 is 5.73 Å². The maximum Gasteiger partial charge on any atom is 0.0943 e. The molecular weight excluding hydrogens is 208 g/mol. The molecule has 0 aromatic carbocycles. The van der Waals surface area contributed by atoms with Gasteiger partial charge in [0.15, 0.2) is 0 Å². The van der Waals surface area contributed by atoms with Crippen LogP contribution in [-0.2, 0) is 11.2 Å².